The SMILES string of the molecule is CN1CCCNC1c1cccc(Oc2ccccc2)c1. The first-order valence-electron chi connectivity index (χ1n) is 7.09. The first-order valence-corrected chi connectivity index (χ1v) is 7.09. The van der Waals surface area contributed by atoms with Crippen molar-refractivity contribution in [2.45, 2.75) is 12.6 Å². The lowest BCUT2D eigenvalue weighted by atomic mass is 10.1. The minimum Gasteiger partial charge on any atom is -0.457 e. The van der Waals surface area contributed by atoms with Gasteiger partial charge in [-0.2, -0.15) is 0 Å². The molecule has 1 N–H and O–H groups in total. The molecule has 0 amide bonds. The zero-order chi connectivity index (χ0) is 13.8. The van der Waals surface area contributed by atoms with Crippen LogP contribution in [-0.2, 0) is 0 Å². The van der Waals surface area contributed by atoms with Crippen LogP contribution in [-0.4, -0.2) is 25.0 Å². The number of hydrogen-bond acceptors (Lipinski definition) is 3. The summed E-state index contributed by atoms with van der Waals surface area (Å²) in [6, 6.07) is 18.2. The summed E-state index contributed by atoms with van der Waals surface area (Å²) in [5, 5.41) is 3.55. The van der Waals surface area contributed by atoms with Crippen LogP contribution in [0.3, 0.4) is 0 Å². The summed E-state index contributed by atoms with van der Waals surface area (Å²) in [5.41, 5.74) is 1.25. The van der Waals surface area contributed by atoms with E-state index in [1.807, 2.05) is 36.4 Å². The summed E-state index contributed by atoms with van der Waals surface area (Å²) in [4.78, 5) is 2.34. The average molecular weight is 268 g/mol. The molecule has 0 radical (unpaired) electrons. The van der Waals surface area contributed by atoms with Crippen molar-refractivity contribution in [3.8, 4) is 11.5 Å². The van der Waals surface area contributed by atoms with Crippen molar-refractivity contribution >= 4 is 0 Å². The Bertz CT molecular complexity index is 556. The van der Waals surface area contributed by atoms with Crippen molar-refractivity contribution < 1.29 is 4.74 Å². The maximum absolute atomic E-state index is 5.90. The van der Waals surface area contributed by atoms with Crippen molar-refractivity contribution in [1.82, 2.24) is 10.2 Å². The molecule has 1 saturated heterocycles. The molecule has 3 heteroatoms. The number of ether oxygens (including phenoxy) is 1. The van der Waals surface area contributed by atoms with E-state index in [1.54, 1.807) is 0 Å². The van der Waals surface area contributed by atoms with Crippen molar-refractivity contribution in [3.63, 3.8) is 0 Å². The highest BCUT2D eigenvalue weighted by Gasteiger charge is 2.20. The van der Waals surface area contributed by atoms with Gasteiger partial charge < -0.3 is 4.74 Å². The lowest BCUT2D eigenvalue weighted by Crippen LogP contribution is -2.42. The highest BCUT2D eigenvalue weighted by atomic mass is 16.5. The Balaban J connectivity index is 1.79. The van der Waals surface area contributed by atoms with Crippen LogP contribution in [0.4, 0.5) is 0 Å². The highest BCUT2D eigenvalue weighted by Crippen LogP contribution is 2.26. The van der Waals surface area contributed by atoms with Crippen LogP contribution in [0.25, 0.3) is 0 Å². The van der Waals surface area contributed by atoms with E-state index in [2.05, 4.69) is 35.5 Å². The van der Waals surface area contributed by atoms with Gasteiger partial charge in [-0.15, -0.1) is 0 Å². The van der Waals surface area contributed by atoms with Crippen molar-refractivity contribution in [1.29, 1.82) is 0 Å². The molecule has 3 nitrogen and oxygen atoms in total. The molecule has 20 heavy (non-hydrogen) atoms. The van der Waals surface area contributed by atoms with Gasteiger partial charge in [-0.25, -0.2) is 0 Å². The summed E-state index contributed by atoms with van der Waals surface area (Å²) in [7, 11) is 2.15. The first-order chi connectivity index (χ1) is 9.83. The van der Waals surface area contributed by atoms with Crippen molar-refractivity contribution in [3.05, 3.63) is 60.2 Å². The Morgan fingerprint density at radius 3 is 2.65 bits per heavy atom. The summed E-state index contributed by atoms with van der Waals surface area (Å²) in [6.07, 6.45) is 1.48. The molecule has 2 aromatic carbocycles. The van der Waals surface area contributed by atoms with Gasteiger partial charge >= 0.3 is 0 Å². The van der Waals surface area contributed by atoms with Gasteiger partial charge in [-0.1, -0.05) is 30.3 Å². The quantitative estimate of drug-likeness (QED) is 0.923. The second-order valence-electron chi connectivity index (χ2n) is 5.18. The molecule has 1 atom stereocenters. The Morgan fingerprint density at radius 2 is 1.85 bits per heavy atom. The van der Waals surface area contributed by atoms with Gasteiger partial charge in [0.25, 0.3) is 0 Å². The predicted molar refractivity (Wildman–Crippen MR) is 80.9 cm³/mol. The molecule has 1 heterocycles. The third-order valence-electron chi connectivity index (χ3n) is 3.62. The Hall–Kier alpha value is -1.84. The predicted octanol–water partition coefficient (Wildman–Crippen LogP) is 3.40. The molecule has 3 rings (SSSR count). The van der Waals surface area contributed by atoms with Crippen LogP contribution in [0.5, 0.6) is 11.5 Å². The van der Waals surface area contributed by atoms with Gasteiger partial charge in [0.05, 0.1) is 6.17 Å². The van der Waals surface area contributed by atoms with E-state index in [0.717, 1.165) is 24.6 Å². The number of rotatable bonds is 3. The van der Waals surface area contributed by atoms with Crippen LogP contribution in [0, 0.1) is 0 Å². The van der Waals surface area contributed by atoms with Gasteiger partial charge in [0.15, 0.2) is 0 Å². The number of benzene rings is 2. The fourth-order valence-electron chi connectivity index (χ4n) is 2.60. The van der Waals surface area contributed by atoms with Gasteiger partial charge in [0.1, 0.15) is 11.5 Å². The van der Waals surface area contributed by atoms with Crippen LogP contribution in [0.15, 0.2) is 54.6 Å². The Kier molecular flexibility index (Phi) is 4.00. The van der Waals surface area contributed by atoms with Gasteiger partial charge in [0.2, 0.25) is 0 Å². The first kappa shape index (κ1) is 13.2. The van der Waals surface area contributed by atoms with Crippen LogP contribution in [0.1, 0.15) is 18.2 Å². The molecule has 0 aliphatic carbocycles. The topological polar surface area (TPSA) is 24.5 Å². The summed E-state index contributed by atoms with van der Waals surface area (Å²) >= 11 is 0. The third kappa shape index (κ3) is 3.00. The molecule has 0 bridgehead atoms. The minimum atomic E-state index is 0.281. The molecule has 104 valence electrons. The molecule has 2 aromatic rings. The zero-order valence-electron chi connectivity index (χ0n) is 11.8. The fraction of sp³-hybridized carbons (Fsp3) is 0.294. The van der Waals surface area contributed by atoms with E-state index in [1.165, 1.54) is 12.0 Å². The van der Waals surface area contributed by atoms with Crippen molar-refractivity contribution in [2.75, 3.05) is 20.1 Å². The van der Waals surface area contributed by atoms with Crippen molar-refractivity contribution in [2.24, 2.45) is 0 Å². The lowest BCUT2D eigenvalue weighted by Gasteiger charge is -2.33. The maximum atomic E-state index is 5.90. The third-order valence-corrected chi connectivity index (χ3v) is 3.62. The summed E-state index contributed by atoms with van der Waals surface area (Å²) in [5.74, 6) is 1.75. The number of hydrogen-bond donors (Lipinski definition) is 1. The van der Waals surface area contributed by atoms with E-state index in [-0.39, 0.29) is 6.17 Å². The molecular formula is C17H20N2O. The Labute approximate surface area is 120 Å². The van der Waals surface area contributed by atoms with Gasteiger partial charge in [-0.05, 0) is 49.8 Å². The number of para-hydroxylation sites is 1. The molecule has 1 aliphatic heterocycles. The smallest absolute Gasteiger partial charge is 0.127 e. The van der Waals surface area contributed by atoms with Gasteiger partial charge in [-0.3, -0.25) is 10.2 Å². The average Bonchev–Trinajstić information content (AvgIpc) is 2.49. The molecule has 1 unspecified atom stereocenters. The largest absolute Gasteiger partial charge is 0.457 e. The molecule has 1 aliphatic rings. The fourth-order valence-corrected chi connectivity index (χ4v) is 2.60. The highest BCUT2D eigenvalue weighted by molar-refractivity contribution is 5.35. The van der Waals surface area contributed by atoms with Crippen LogP contribution >= 0.6 is 0 Å². The molecule has 0 aromatic heterocycles. The van der Waals surface area contributed by atoms with E-state index in [9.17, 15) is 0 Å². The second kappa shape index (κ2) is 6.07. The molecule has 0 saturated carbocycles. The summed E-state index contributed by atoms with van der Waals surface area (Å²) in [6.45, 7) is 2.19. The minimum absolute atomic E-state index is 0.281. The lowest BCUT2D eigenvalue weighted by molar-refractivity contribution is 0.167. The molecular weight excluding hydrogens is 248 g/mol. The monoisotopic (exact) mass is 268 g/mol. The zero-order valence-corrected chi connectivity index (χ0v) is 11.8. The summed E-state index contributed by atoms with van der Waals surface area (Å²) < 4.78 is 5.90. The van der Waals surface area contributed by atoms with E-state index in [0.29, 0.717) is 0 Å². The maximum Gasteiger partial charge on any atom is 0.127 e. The number of nitrogens with one attached hydrogen (secondary N) is 1. The van der Waals surface area contributed by atoms with Crippen LogP contribution < -0.4 is 10.1 Å². The van der Waals surface area contributed by atoms with E-state index in [4.69, 9.17) is 4.74 Å². The molecule has 1 fully saturated rings. The molecule has 0 spiro atoms. The van der Waals surface area contributed by atoms with E-state index < -0.39 is 0 Å². The Morgan fingerprint density at radius 1 is 1.05 bits per heavy atom. The number of nitrogens with zero attached hydrogens (tertiary/aromatic N) is 1. The van der Waals surface area contributed by atoms with Gasteiger partial charge in [0, 0.05) is 6.54 Å². The standard InChI is InChI=1S/C17H20N2O/c1-19-12-6-11-18-17(19)14-7-5-10-16(13-14)20-15-8-3-2-4-9-15/h2-5,7-10,13,17-18H,6,11-12H2,1H3. The van der Waals surface area contributed by atoms with Crippen LogP contribution in [0.2, 0.25) is 0 Å². The normalized spacial score (nSPS) is 19.8. The second-order valence-corrected chi connectivity index (χ2v) is 5.18. The van der Waals surface area contributed by atoms with E-state index >= 15 is 0 Å².